The smallest absolute Gasteiger partial charge is 0.339 e. The number of benzene rings is 1. The Hall–Kier alpha value is -2.60. The molecule has 6 nitrogen and oxygen atoms in total. The molecule has 6 heteroatoms. The van der Waals surface area contributed by atoms with Crippen molar-refractivity contribution in [3.8, 4) is 0 Å². The highest BCUT2D eigenvalue weighted by Crippen LogP contribution is 2.29. The molecular formula is C18H19NO5. The number of nitrogens with one attached hydrogen (secondary N) is 1. The van der Waals surface area contributed by atoms with E-state index < -0.39 is 5.97 Å². The number of carbonyl (C=O) groups is 2. The number of furan rings is 1. The summed E-state index contributed by atoms with van der Waals surface area (Å²) in [6, 6.07) is 9.41. The molecule has 126 valence electrons. The predicted molar refractivity (Wildman–Crippen MR) is 85.7 cm³/mol. The normalized spacial score (nSPS) is 16.5. The number of rotatable bonds is 5. The molecule has 3 rings (SSSR count). The molecule has 1 aromatic heterocycles. The number of fused-ring (bicyclic) bond motifs is 1. The summed E-state index contributed by atoms with van der Waals surface area (Å²) in [6.07, 6.45) is 0.836. The summed E-state index contributed by atoms with van der Waals surface area (Å²) >= 11 is 0. The molecule has 0 saturated carbocycles. The van der Waals surface area contributed by atoms with E-state index >= 15 is 0 Å². The van der Waals surface area contributed by atoms with E-state index in [0.717, 1.165) is 12.0 Å². The van der Waals surface area contributed by atoms with Crippen LogP contribution in [0, 0.1) is 6.92 Å². The number of ether oxygens (including phenoxy) is 1. The van der Waals surface area contributed by atoms with Crippen LogP contribution in [0.25, 0.3) is 0 Å². The molecule has 0 bridgehead atoms. The fourth-order valence-corrected chi connectivity index (χ4v) is 2.92. The molecule has 0 fully saturated rings. The van der Waals surface area contributed by atoms with E-state index in [1.54, 1.807) is 6.92 Å². The lowest BCUT2D eigenvalue weighted by Crippen LogP contribution is -2.27. The van der Waals surface area contributed by atoms with Gasteiger partial charge in [0.25, 0.3) is 0 Å². The fourth-order valence-electron chi connectivity index (χ4n) is 2.92. The quantitative estimate of drug-likeness (QED) is 0.880. The summed E-state index contributed by atoms with van der Waals surface area (Å²) < 4.78 is 11.1. The number of aromatic carboxylic acids is 1. The van der Waals surface area contributed by atoms with E-state index in [2.05, 4.69) is 11.4 Å². The van der Waals surface area contributed by atoms with E-state index in [-0.39, 0.29) is 30.5 Å². The van der Waals surface area contributed by atoms with Crippen molar-refractivity contribution in [3.05, 3.63) is 58.5 Å². The average molecular weight is 329 g/mol. The molecule has 1 aliphatic heterocycles. The standard InChI is InChI=1S/C18H19NO5/c1-11-15(18(21)22)8-13(24-11)10-19-17(20)9-16-14-5-3-2-4-12(14)6-7-23-16/h2-5,8,16H,6-7,9-10H2,1H3,(H,19,20)(H,21,22)/t16-/m1/s1. The van der Waals surface area contributed by atoms with Crippen molar-refractivity contribution in [1.82, 2.24) is 5.32 Å². The largest absolute Gasteiger partial charge is 0.478 e. The van der Waals surface area contributed by atoms with E-state index in [4.69, 9.17) is 14.3 Å². The zero-order chi connectivity index (χ0) is 17.1. The topological polar surface area (TPSA) is 88.8 Å². The van der Waals surface area contributed by atoms with Crippen LogP contribution in [0.2, 0.25) is 0 Å². The Morgan fingerprint density at radius 1 is 1.33 bits per heavy atom. The molecule has 1 aromatic carbocycles. The van der Waals surface area contributed by atoms with Crippen LogP contribution in [-0.4, -0.2) is 23.6 Å². The zero-order valence-electron chi connectivity index (χ0n) is 13.4. The maximum Gasteiger partial charge on any atom is 0.339 e. The van der Waals surface area contributed by atoms with Crippen molar-refractivity contribution < 1.29 is 23.8 Å². The Bertz CT molecular complexity index is 765. The summed E-state index contributed by atoms with van der Waals surface area (Å²) in [7, 11) is 0. The van der Waals surface area contributed by atoms with Gasteiger partial charge in [-0.25, -0.2) is 4.79 Å². The molecule has 2 heterocycles. The molecule has 0 aliphatic carbocycles. The molecule has 2 aromatic rings. The number of carboxylic acid groups (broad SMARTS) is 1. The molecule has 24 heavy (non-hydrogen) atoms. The number of hydrogen-bond acceptors (Lipinski definition) is 4. The minimum Gasteiger partial charge on any atom is -0.478 e. The monoisotopic (exact) mass is 329 g/mol. The molecule has 2 N–H and O–H groups in total. The summed E-state index contributed by atoms with van der Waals surface area (Å²) in [5, 5.41) is 11.8. The van der Waals surface area contributed by atoms with Crippen molar-refractivity contribution >= 4 is 11.9 Å². The summed E-state index contributed by atoms with van der Waals surface area (Å²) in [5.41, 5.74) is 2.39. The molecular weight excluding hydrogens is 310 g/mol. The van der Waals surface area contributed by atoms with E-state index in [0.29, 0.717) is 18.1 Å². The van der Waals surface area contributed by atoms with Gasteiger partial charge in [0.05, 0.1) is 25.7 Å². The van der Waals surface area contributed by atoms with Crippen LogP contribution in [0.15, 0.2) is 34.7 Å². The van der Waals surface area contributed by atoms with Crippen LogP contribution >= 0.6 is 0 Å². The Morgan fingerprint density at radius 2 is 2.12 bits per heavy atom. The number of carboxylic acids is 1. The molecule has 1 atom stereocenters. The van der Waals surface area contributed by atoms with Gasteiger partial charge in [-0.3, -0.25) is 4.79 Å². The highest BCUT2D eigenvalue weighted by molar-refractivity contribution is 5.88. The summed E-state index contributed by atoms with van der Waals surface area (Å²) in [6.45, 7) is 2.34. The van der Waals surface area contributed by atoms with Crippen LogP contribution in [0.4, 0.5) is 0 Å². The maximum absolute atomic E-state index is 12.2. The van der Waals surface area contributed by atoms with Crippen molar-refractivity contribution in [2.24, 2.45) is 0 Å². The second kappa shape index (κ2) is 6.88. The third kappa shape index (κ3) is 3.49. The van der Waals surface area contributed by atoms with Crippen LogP contribution < -0.4 is 5.32 Å². The third-order valence-electron chi connectivity index (χ3n) is 4.12. The van der Waals surface area contributed by atoms with E-state index in [1.165, 1.54) is 11.6 Å². The lowest BCUT2D eigenvalue weighted by atomic mass is 9.95. The van der Waals surface area contributed by atoms with Crippen LogP contribution in [0.3, 0.4) is 0 Å². The second-order valence-corrected chi connectivity index (χ2v) is 5.78. The SMILES string of the molecule is Cc1oc(CNC(=O)C[C@H]2OCCc3ccccc32)cc1C(=O)O. The van der Waals surface area contributed by atoms with Gasteiger partial charge in [-0.2, -0.15) is 0 Å². The van der Waals surface area contributed by atoms with E-state index in [1.807, 2.05) is 18.2 Å². The van der Waals surface area contributed by atoms with Crippen molar-refractivity contribution in [2.45, 2.75) is 32.4 Å². The number of carbonyl (C=O) groups excluding carboxylic acids is 1. The highest BCUT2D eigenvalue weighted by Gasteiger charge is 2.23. The third-order valence-corrected chi connectivity index (χ3v) is 4.12. The molecule has 0 unspecified atom stereocenters. The fraction of sp³-hybridized carbons (Fsp3) is 0.333. The first-order valence-corrected chi connectivity index (χ1v) is 7.83. The summed E-state index contributed by atoms with van der Waals surface area (Å²) in [4.78, 5) is 23.2. The molecule has 0 saturated heterocycles. The average Bonchev–Trinajstić information content (AvgIpc) is 2.94. The second-order valence-electron chi connectivity index (χ2n) is 5.78. The van der Waals surface area contributed by atoms with Crippen LogP contribution in [-0.2, 0) is 22.5 Å². The Morgan fingerprint density at radius 3 is 2.88 bits per heavy atom. The van der Waals surface area contributed by atoms with Crippen molar-refractivity contribution in [1.29, 1.82) is 0 Å². The van der Waals surface area contributed by atoms with Gasteiger partial charge in [0.1, 0.15) is 17.1 Å². The van der Waals surface area contributed by atoms with Crippen LogP contribution in [0.1, 0.15) is 45.5 Å². The Balaban J connectivity index is 1.59. The lowest BCUT2D eigenvalue weighted by Gasteiger charge is -2.25. The summed E-state index contributed by atoms with van der Waals surface area (Å²) in [5.74, 6) is -0.455. The maximum atomic E-state index is 12.2. The van der Waals surface area contributed by atoms with Gasteiger partial charge in [-0.1, -0.05) is 24.3 Å². The van der Waals surface area contributed by atoms with Crippen molar-refractivity contribution in [2.75, 3.05) is 6.61 Å². The first kappa shape index (κ1) is 16.3. The van der Waals surface area contributed by atoms with Gasteiger partial charge in [-0.05, 0) is 30.5 Å². The first-order valence-electron chi connectivity index (χ1n) is 7.83. The number of aryl methyl sites for hydroxylation is 1. The van der Waals surface area contributed by atoms with Gasteiger partial charge in [0, 0.05) is 0 Å². The Kier molecular flexibility index (Phi) is 4.66. The molecule has 0 spiro atoms. The van der Waals surface area contributed by atoms with Gasteiger partial charge in [0.2, 0.25) is 5.91 Å². The molecule has 0 radical (unpaired) electrons. The molecule has 1 aliphatic rings. The number of hydrogen-bond donors (Lipinski definition) is 2. The molecule has 1 amide bonds. The van der Waals surface area contributed by atoms with Gasteiger partial charge < -0.3 is 19.6 Å². The first-order chi connectivity index (χ1) is 11.5. The minimum atomic E-state index is -1.04. The van der Waals surface area contributed by atoms with Crippen LogP contribution in [0.5, 0.6) is 0 Å². The highest BCUT2D eigenvalue weighted by atomic mass is 16.5. The lowest BCUT2D eigenvalue weighted by molar-refractivity contribution is -0.124. The number of amides is 1. The van der Waals surface area contributed by atoms with E-state index in [9.17, 15) is 9.59 Å². The predicted octanol–water partition coefficient (Wildman–Crippen LogP) is 2.61. The van der Waals surface area contributed by atoms with Gasteiger partial charge in [0.15, 0.2) is 0 Å². The van der Waals surface area contributed by atoms with Crippen molar-refractivity contribution in [3.63, 3.8) is 0 Å². The Labute approximate surface area is 139 Å². The minimum absolute atomic E-state index is 0.115. The zero-order valence-corrected chi connectivity index (χ0v) is 13.4. The van der Waals surface area contributed by atoms with Gasteiger partial charge >= 0.3 is 5.97 Å². The van der Waals surface area contributed by atoms with Gasteiger partial charge in [-0.15, -0.1) is 0 Å².